The van der Waals surface area contributed by atoms with Gasteiger partial charge >= 0.3 is 5.97 Å². The number of aliphatic carboxylic acids is 1. The van der Waals surface area contributed by atoms with Crippen molar-refractivity contribution >= 4 is 22.6 Å². The van der Waals surface area contributed by atoms with E-state index in [0.717, 1.165) is 16.3 Å². The third kappa shape index (κ3) is 4.32. The molecular formula is C18H21NO3. The molecule has 0 aliphatic heterocycles. The lowest BCUT2D eigenvalue weighted by molar-refractivity contribution is -0.141. The van der Waals surface area contributed by atoms with Crippen LogP contribution in [-0.4, -0.2) is 23.0 Å². The van der Waals surface area contributed by atoms with Gasteiger partial charge in [-0.05, 0) is 22.3 Å². The van der Waals surface area contributed by atoms with Crippen LogP contribution in [0.2, 0.25) is 0 Å². The Morgan fingerprint density at radius 3 is 2.41 bits per heavy atom. The van der Waals surface area contributed by atoms with Crippen LogP contribution in [0.5, 0.6) is 0 Å². The number of nitrogens with one attached hydrogen (secondary N) is 1. The molecule has 2 aromatic rings. The zero-order valence-electron chi connectivity index (χ0n) is 12.9. The van der Waals surface area contributed by atoms with E-state index >= 15 is 0 Å². The van der Waals surface area contributed by atoms with Gasteiger partial charge in [0.2, 0.25) is 5.91 Å². The number of amides is 1. The Bertz CT molecular complexity index is 679. The van der Waals surface area contributed by atoms with E-state index in [4.69, 9.17) is 0 Å². The summed E-state index contributed by atoms with van der Waals surface area (Å²) in [6, 6.07) is 12.9. The molecule has 2 aromatic carbocycles. The average molecular weight is 299 g/mol. The quantitative estimate of drug-likeness (QED) is 0.861. The summed E-state index contributed by atoms with van der Waals surface area (Å²) in [4.78, 5) is 23.2. The molecule has 4 heteroatoms. The second kappa shape index (κ2) is 7.07. The molecule has 1 unspecified atom stereocenters. The van der Waals surface area contributed by atoms with Crippen LogP contribution in [0.15, 0.2) is 42.5 Å². The molecule has 0 heterocycles. The normalized spacial score (nSPS) is 12.3. The molecule has 116 valence electrons. The van der Waals surface area contributed by atoms with Crippen LogP contribution in [-0.2, 0) is 16.0 Å². The van der Waals surface area contributed by atoms with E-state index in [1.54, 1.807) is 0 Å². The Hall–Kier alpha value is -2.36. The van der Waals surface area contributed by atoms with Gasteiger partial charge in [0.1, 0.15) is 6.04 Å². The Morgan fingerprint density at radius 1 is 1.09 bits per heavy atom. The summed E-state index contributed by atoms with van der Waals surface area (Å²) in [5.41, 5.74) is 0.899. The van der Waals surface area contributed by atoms with Crippen LogP contribution in [0.4, 0.5) is 0 Å². The molecule has 0 aliphatic rings. The lowest BCUT2D eigenvalue weighted by Gasteiger charge is -2.16. The van der Waals surface area contributed by atoms with Gasteiger partial charge in [-0.1, -0.05) is 56.3 Å². The first-order chi connectivity index (χ1) is 10.5. The van der Waals surface area contributed by atoms with E-state index in [2.05, 4.69) is 5.32 Å². The molecule has 0 spiro atoms. The van der Waals surface area contributed by atoms with Crippen molar-refractivity contribution in [2.45, 2.75) is 32.7 Å². The average Bonchev–Trinajstić information content (AvgIpc) is 2.45. The fourth-order valence-electron chi connectivity index (χ4n) is 2.43. The van der Waals surface area contributed by atoms with Crippen molar-refractivity contribution in [3.05, 3.63) is 48.0 Å². The van der Waals surface area contributed by atoms with E-state index < -0.39 is 12.0 Å². The number of carboxylic acids is 1. The second-order valence-electron chi connectivity index (χ2n) is 5.94. The number of carbonyl (C=O) groups is 2. The highest BCUT2D eigenvalue weighted by molar-refractivity contribution is 5.85. The van der Waals surface area contributed by atoms with Gasteiger partial charge in [-0.25, -0.2) is 4.79 Å². The molecular weight excluding hydrogens is 278 g/mol. The molecule has 1 amide bonds. The molecule has 0 aliphatic carbocycles. The fraction of sp³-hybridized carbons (Fsp3) is 0.333. The lowest BCUT2D eigenvalue weighted by atomic mass is 10.0. The SMILES string of the molecule is CC(C)CC(=O)NC(Cc1ccc2ccccc2c1)C(=O)O. The van der Waals surface area contributed by atoms with E-state index in [1.807, 2.05) is 56.3 Å². The summed E-state index contributed by atoms with van der Waals surface area (Å²) in [5, 5.41) is 14.1. The Balaban J connectivity index is 2.12. The van der Waals surface area contributed by atoms with Crippen molar-refractivity contribution in [2.24, 2.45) is 5.92 Å². The van der Waals surface area contributed by atoms with Gasteiger partial charge in [-0.2, -0.15) is 0 Å². The maximum atomic E-state index is 11.8. The first kappa shape index (κ1) is 16.0. The number of fused-ring (bicyclic) bond motifs is 1. The van der Waals surface area contributed by atoms with Crippen LogP contribution in [0.3, 0.4) is 0 Å². The van der Waals surface area contributed by atoms with Crippen molar-refractivity contribution in [1.82, 2.24) is 5.32 Å². The summed E-state index contributed by atoms with van der Waals surface area (Å²) in [7, 11) is 0. The first-order valence-corrected chi connectivity index (χ1v) is 7.45. The van der Waals surface area contributed by atoms with Gasteiger partial charge in [-0.15, -0.1) is 0 Å². The van der Waals surface area contributed by atoms with Gasteiger partial charge in [-0.3, -0.25) is 4.79 Å². The molecule has 0 saturated heterocycles. The molecule has 22 heavy (non-hydrogen) atoms. The van der Waals surface area contributed by atoms with Crippen molar-refractivity contribution in [2.75, 3.05) is 0 Å². The molecule has 0 bridgehead atoms. The van der Waals surface area contributed by atoms with Gasteiger partial charge in [0.15, 0.2) is 0 Å². The first-order valence-electron chi connectivity index (χ1n) is 7.45. The number of benzene rings is 2. The molecule has 0 radical (unpaired) electrons. The van der Waals surface area contributed by atoms with Gasteiger partial charge in [0.05, 0.1) is 0 Å². The van der Waals surface area contributed by atoms with Gasteiger partial charge < -0.3 is 10.4 Å². The predicted octanol–water partition coefficient (Wildman–Crippen LogP) is 3.00. The van der Waals surface area contributed by atoms with Crippen LogP contribution < -0.4 is 5.32 Å². The smallest absolute Gasteiger partial charge is 0.326 e. The summed E-state index contributed by atoms with van der Waals surface area (Å²) in [6.45, 7) is 3.86. The van der Waals surface area contributed by atoms with Gasteiger partial charge in [0.25, 0.3) is 0 Å². The third-order valence-corrected chi connectivity index (χ3v) is 3.48. The molecule has 2 rings (SSSR count). The highest BCUT2D eigenvalue weighted by atomic mass is 16.4. The fourth-order valence-corrected chi connectivity index (χ4v) is 2.43. The zero-order valence-corrected chi connectivity index (χ0v) is 12.9. The number of hydrogen-bond acceptors (Lipinski definition) is 2. The topological polar surface area (TPSA) is 66.4 Å². The summed E-state index contributed by atoms with van der Waals surface area (Å²) in [5.74, 6) is -1.02. The van der Waals surface area contributed by atoms with Crippen LogP contribution in [0, 0.1) is 5.92 Å². The summed E-state index contributed by atoms with van der Waals surface area (Å²) >= 11 is 0. The Morgan fingerprint density at radius 2 is 1.77 bits per heavy atom. The Labute approximate surface area is 130 Å². The summed E-state index contributed by atoms with van der Waals surface area (Å²) in [6.07, 6.45) is 0.617. The molecule has 2 N–H and O–H groups in total. The highest BCUT2D eigenvalue weighted by Gasteiger charge is 2.20. The van der Waals surface area contributed by atoms with Crippen molar-refractivity contribution in [1.29, 1.82) is 0 Å². The second-order valence-corrected chi connectivity index (χ2v) is 5.94. The monoisotopic (exact) mass is 299 g/mol. The largest absolute Gasteiger partial charge is 0.480 e. The number of rotatable bonds is 6. The van der Waals surface area contributed by atoms with Crippen molar-refractivity contribution < 1.29 is 14.7 Å². The highest BCUT2D eigenvalue weighted by Crippen LogP contribution is 2.17. The predicted molar refractivity (Wildman–Crippen MR) is 86.7 cm³/mol. The molecule has 0 fully saturated rings. The Kier molecular flexibility index (Phi) is 5.15. The molecule has 4 nitrogen and oxygen atoms in total. The van der Waals surface area contributed by atoms with Crippen LogP contribution in [0.1, 0.15) is 25.8 Å². The van der Waals surface area contributed by atoms with Crippen LogP contribution in [0.25, 0.3) is 10.8 Å². The van der Waals surface area contributed by atoms with Crippen molar-refractivity contribution in [3.63, 3.8) is 0 Å². The minimum atomic E-state index is -1.01. The number of carboxylic acid groups (broad SMARTS) is 1. The maximum absolute atomic E-state index is 11.8. The zero-order chi connectivity index (χ0) is 16.1. The number of carbonyl (C=O) groups excluding carboxylic acids is 1. The summed E-state index contributed by atoms with van der Waals surface area (Å²) < 4.78 is 0. The lowest BCUT2D eigenvalue weighted by Crippen LogP contribution is -2.42. The standard InChI is InChI=1S/C18H21NO3/c1-12(2)9-17(20)19-16(18(21)22)11-13-7-8-14-5-3-4-6-15(14)10-13/h3-8,10,12,16H,9,11H2,1-2H3,(H,19,20)(H,21,22). The number of hydrogen-bond donors (Lipinski definition) is 2. The minimum absolute atomic E-state index is 0.204. The van der Waals surface area contributed by atoms with E-state index in [-0.39, 0.29) is 18.2 Å². The van der Waals surface area contributed by atoms with Gasteiger partial charge in [0, 0.05) is 12.8 Å². The van der Waals surface area contributed by atoms with E-state index in [9.17, 15) is 14.7 Å². The van der Waals surface area contributed by atoms with Crippen LogP contribution >= 0.6 is 0 Å². The minimum Gasteiger partial charge on any atom is -0.480 e. The molecule has 0 saturated carbocycles. The molecule has 0 aromatic heterocycles. The third-order valence-electron chi connectivity index (χ3n) is 3.48. The maximum Gasteiger partial charge on any atom is 0.326 e. The van der Waals surface area contributed by atoms with E-state index in [1.165, 1.54) is 0 Å². The van der Waals surface area contributed by atoms with Crippen molar-refractivity contribution in [3.8, 4) is 0 Å². The molecule has 1 atom stereocenters. The van der Waals surface area contributed by atoms with E-state index in [0.29, 0.717) is 6.42 Å².